The number of rotatable bonds is 5. The summed E-state index contributed by atoms with van der Waals surface area (Å²) in [5.74, 6) is -0.642. The molecule has 5 nitrogen and oxygen atoms in total. The lowest BCUT2D eigenvalue weighted by Crippen LogP contribution is -2.28. The van der Waals surface area contributed by atoms with Gasteiger partial charge in [-0.3, -0.25) is 4.79 Å². The average Bonchev–Trinajstić information content (AvgIpc) is 2.61. The minimum absolute atomic E-state index is 0.0173. The maximum absolute atomic E-state index is 12.9. The zero-order valence-electron chi connectivity index (χ0n) is 15.2. The first kappa shape index (κ1) is 22.2. The van der Waals surface area contributed by atoms with E-state index < -0.39 is 33.7 Å². The summed E-state index contributed by atoms with van der Waals surface area (Å²) >= 11 is 5.95. The third-order valence-corrected chi connectivity index (χ3v) is 6.31. The van der Waals surface area contributed by atoms with E-state index >= 15 is 0 Å². The van der Waals surface area contributed by atoms with Crippen molar-refractivity contribution in [3.8, 4) is 0 Å². The molecule has 0 aliphatic carbocycles. The van der Waals surface area contributed by atoms with E-state index in [1.165, 1.54) is 45.3 Å². The van der Waals surface area contributed by atoms with Crippen LogP contribution < -0.4 is 5.32 Å². The zero-order valence-corrected chi connectivity index (χ0v) is 16.8. The van der Waals surface area contributed by atoms with Crippen LogP contribution in [0.1, 0.15) is 34.5 Å². The predicted octanol–water partition coefficient (Wildman–Crippen LogP) is 4.10. The molecule has 28 heavy (non-hydrogen) atoms. The molecule has 152 valence electrons. The van der Waals surface area contributed by atoms with E-state index in [0.29, 0.717) is 0 Å². The number of amides is 1. The lowest BCUT2D eigenvalue weighted by atomic mass is 10.0. The fraction of sp³-hybridized carbons (Fsp3) is 0.278. The SMILES string of the molecule is CC(NC(=O)c1ccc(Cl)c(S(=O)(=O)N(C)C)c1)c1cccc(C(F)(F)F)c1. The van der Waals surface area contributed by atoms with Gasteiger partial charge in [0.25, 0.3) is 5.91 Å². The molecule has 0 aliphatic heterocycles. The van der Waals surface area contributed by atoms with Crippen LogP contribution in [0.15, 0.2) is 47.4 Å². The van der Waals surface area contributed by atoms with Crippen molar-refractivity contribution in [1.29, 1.82) is 0 Å². The minimum Gasteiger partial charge on any atom is -0.346 e. The fourth-order valence-electron chi connectivity index (χ4n) is 2.39. The molecule has 0 aliphatic rings. The van der Waals surface area contributed by atoms with E-state index in [4.69, 9.17) is 11.6 Å². The Hall–Kier alpha value is -2.10. The quantitative estimate of drug-likeness (QED) is 0.770. The van der Waals surface area contributed by atoms with Crippen molar-refractivity contribution in [1.82, 2.24) is 9.62 Å². The Kier molecular flexibility index (Phi) is 6.42. The standard InChI is InChI=1S/C18H18ClF3N2O3S/c1-11(12-5-4-6-14(9-12)18(20,21)22)23-17(25)13-7-8-15(19)16(10-13)28(26,27)24(2)3/h4-11H,1-3H3,(H,23,25). The van der Waals surface area contributed by atoms with Gasteiger partial charge in [0.1, 0.15) is 4.90 Å². The maximum atomic E-state index is 12.9. The highest BCUT2D eigenvalue weighted by molar-refractivity contribution is 7.89. The molecule has 10 heteroatoms. The van der Waals surface area contributed by atoms with Crippen molar-refractivity contribution in [2.75, 3.05) is 14.1 Å². The van der Waals surface area contributed by atoms with Gasteiger partial charge < -0.3 is 5.32 Å². The third kappa shape index (κ3) is 4.84. The highest BCUT2D eigenvalue weighted by Crippen LogP contribution is 2.31. The molecule has 1 atom stereocenters. The number of nitrogens with zero attached hydrogens (tertiary/aromatic N) is 1. The van der Waals surface area contributed by atoms with Crippen LogP contribution in [0.5, 0.6) is 0 Å². The van der Waals surface area contributed by atoms with Gasteiger partial charge in [-0.1, -0.05) is 23.7 Å². The molecule has 1 unspecified atom stereocenters. The van der Waals surface area contributed by atoms with Crippen LogP contribution in [0.3, 0.4) is 0 Å². The van der Waals surface area contributed by atoms with Crippen LogP contribution >= 0.6 is 11.6 Å². The zero-order chi connectivity index (χ0) is 21.3. The predicted molar refractivity (Wildman–Crippen MR) is 99.7 cm³/mol. The number of benzene rings is 2. The Morgan fingerprint density at radius 3 is 2.36 bits per heavy atom. The van der Waals surface area contributed by atoms with E-state index in [1.54, 1.807) is 0 Å². The van der Waals surface area contributed by atoms with Gasteiger partial charge in [0.05, 0.1) is 16.6 Å². The first-order chi connectivity index (χ1) is 12.8. The molecule has 0 bridgehead atoms. The first-order valence-corrected chi connectivity index (χ1v) is 9.86. The minimum atomic E-state index is -4.49. The van der Waals surface area contributed by atoms with Crippen molar-refractivity contribution in [3.63, 3.8) is 0 Å². The topological polar surface area (TPSA) is 66.5 Å². The normalized spacial score (nSPS) is 13.4. The van der Waals surface area contributed by atoms with Crippen molar-refractivity contribution < 1.29 is 26.4 Å². The molecule has 1 N–H and O–H groups in total. The smallest absolute Gasteiger partial charge is 0.346 e. The summed E-state index contributed by atoms with van der Waals surface area (Å²) < 4.78 is 64.1. The summed E-state index contributed by atoms with van der Waals surface area (Å²) in [5.41, 5.74) is -0.543. The second kappa shape index (κ2) is 8.10. The molecule has 0 fully saturated rings. The Morgan fingerprint density at radius 2 is 1.79 bits per heavy atom. The third-order valence-electron chi connectivity index (χ3n) is 4.01. The lowest BCUT2D eigenvalue weighted by Gasteiger charge is -2.17. The van der Waals surface area contributed by atoms with Crippen molar-refractivity contribution in [2.45, 2.75) is 24.0 Å². The van der Waals surface area contributed by atoms with Crippen molar-refractivity contribution in [3.05, 3.63) is 64.2 Å². The molecule has 2 aromatic rings. The molecule has 2 aromatic carbocycles. The summed E-state index contributed by atoms with van der Waals surface area (Å²) in [5, 5.41) is 2.52. The van der Waals surface area contributed by atoms with E-state index in [1.807, 2.05) is 0 Å². The fourth-order valence-corrected chi connectivity index (χ4v) is 3.78. The van der Waals surface area contributed by atoms with Crippen LogP contribution in [-0.4, -0.2) is 32.7 Å². The summed E-state index contributed by atoms with van der Waals surface area (Å²) in [6.45, 7) is 1.53. The van der Waals surface area contributed by atoms with Gasteiger partial charge in [0.2, 0.25) is 10.0 Å². The number of carbonyl (C=O) groups is 1. The monoisotopic (exact) mass is 434 g/mol. The second-order valence-corrected chi connectivity index (χ2v) is 8.78. The van der Waals surface area contributed by atoms with E-state index in [-0.39, 0.29) is 21.0 Å². The molecular formula is C18H18ClF3N2O3S. The molecule has 2 rings (SSSR count). The molecule has 0 radical (unpaired) electrons. The van der Waals surface area contributed by atoms with E-state index in [2.05, 4.69) is 5.32 Å². The molecule has 0 aromatic heterocycles. The number of hydrogen-bond acceptors (Lipinski definition) is 3. The van der Waals surface area contributed by atoms with Gasteiger partial charge >= 0.3 is 6.18 Å². The molecule has 0 saturated heterocycles. The maximum Gasteiger partial charge on any atom is 0.416 e. The van der Waals surface area contributed by atoms with Crippen LogP contribution in [0, 0.1) is 0 Å². The van der Waals surface area contributed by atoms with Crippen LogP contribution in [-0.2, 0) is 16.2 Å². The van der Waals surface area contributed by atoms with Crippen molar-refractivity contribution in [2.24, 2.45) is 0 Å². The molecule has 0 spiro atoms. The van der Waals surface area contributed by atoms with E-state index in [0.717, 1.165) is 22.5 Å². The summed E-state index contributed by atoms with van der Waals surface area (Å²) in [6, 6.07) is 7.62. The number of alkyl halides is 3. The summed E-state index contributed by atoms with van der Waals surface area (Å²) in [6.07, 6.45) is -4.49. The van der Waals surface area contributed by atoms with Crippen LogP contribution in [0.4, 0.5) is 13.2 Å². The van der Waals surface area contributed by atoms with Gasteiger partial charge in [0, 0.05) is 19.7 Å². The summed E-state index contributed by atoms with van der Waals surface area (Å²) in [4.78, 5) is 12.2. The van der Waals surface area contributed by atoms with Crippen molar-refractivity contribution >= 4 is 27.5 Å². The van der Waals surface area contributed by atoms with Gasteiger partial charge in [-0.2, -0.15) is 13.2 Å². The molecule has 0 saturated carbocycles. The van der Waals surface area contributed by atoms with Gasteiger partial charge in [-0.25, -0.2) is 12.7 Å². The Morgan fingerprint density at radius 1 is 1.14 bits per heavy atom. The van der Waals surface area contributed by atoms with E-state index in [9.17, 15) is 26.4 Å². The Balaban J connectivity index is 2.29. The molecule has 0 heterocycles. The van der Waals surface area contributed by atoms with Gasteiger partial charge in [0.15, 0.2) is 0 Å². The first-order valence-electron chi connectivity index (χ1n) is 8.04. The second-order valence-electron chi connectivity index (χ2n) is 6.25. The molecule has 1 amide bonds. The Bertz CT molecular complexity index is 992. The number of sulfonamides is 1. The summed E-state index contributed by atoms with van der Waals surface area (Å²) in [7, 11) is -1.21. The van der Waals surface area contributed by atoms with Gasteiger partial charge in [-0.05, 0) is 42.8 Å². The van der Waals surface area contributed by atoms with Gasteiger partial charge in [-0.15, -0.1) is 0 Å². The number of halogens is 4. The lowest BCUT2D eigenvalue weighted by molar-refractivity contribution is -0.137. The molecular weight excluding hydrogens is 417 g/mol. The number of carbonyl (C=O) groups excluding carboxylic acids is 1. The van der Waals surface area contributed by atoms with Crippen LogP contribution in [0.25, 0.3) is 0 Å². The highest BCUT2D eigenvalue weighted by Gasteiger charge is 2.31. The average molecular weight is 435 g/mol. The van der Waals surface area contributed by atoms with Crippen LogP contribution in [0.2, 0.25) is 5.02 Å². The Labute approximate surface area is 166 Å². The number of nitrogens with one attached hydrogen (secondary N) is 1. The number of hydrogen-bond donors (Lipinski definition) is 1. The highest BCUT2D eigenvalue weighted by atomic mass is 35.5. The largest absolute Gasteiger partial charge is 0.416 e.